The van der Waals surface area contributed by atoms with E-state index < -0.39 is 20.5 Å². The molecular formula is C13H18N6O4S2. The van der Waals surface area contributed by atoms with Crippen LogP contribution in [0.25, 0.3) is 0 Å². The van der Waals surface area contributed by atoms with Gasteiger partial charge in [-0.25, -0.2) is 17.8 Å². The van der Waals surface area contributed by atoms with Crippen molar-refractivity contribution in [3.05, 3.63) is 34.1 Å². The molecule has 12 heteroatoms. The number of benzene rings is 1. The lowest BCUT2D eigenvalue weighted by molar-refractivity contribution is -0.388. The van der Waals surface area contributed by atoms with Gasteiger partial charge in [0.15, 0.2) is 0 Å². The molecule has 1 heterocycles. The summed E-state index contributed by atoms with van der Waals surface area (Å²) >= 11 is 0.930. The van der Waals surface area contributed by atoms with Gasteiger partial charge >= 0.3 is 0 Å². The van der Waals surface area contributed by atoms with Crippen molar-refractivity contribution in [3.8, 4) is 0 Å². The van der Waals surface area contributed by atoms with Gasteiger partial charge < -0.3 is 5.84 Å². The summed E-state index contributed by atoms with van der Waals surface area (Å²) in [6, 6.07) is 3.66. The first-order chi connectivity index (χ1) is 11.4. The number of nitro benzene ring substituents is 1. The molecule has 0 fully saturated rings. The standard InChI is InChI=1S/C13H18N6O4S2/c1-8-15-16-12(18(8)14)24-11-6-5-9(7-10(11)19(20)21)25(22,23)17-13(2,3)4/h5-7,17H,14H2,1-4H3. The molecule has 1 aromatic carbocycles. The molecular weight excluding hydrogens is 368 g/mol. The van der Waals surface area contributed by atoms with E-state index in [0.29, 0.717) is 5.82 Å². The third-order valence-corrected chi connectivity index (χ3v) is 5.70. The molecule has 0 unspecified atom stereocenters. The van der Waals surface area contributed by atoms with E-state index in [-0.39, 0.29) is 20.6 Å². The summed E-state index contributed by atoms with van der Waals surface area (Å²) in [7, 11) is -3.89. The van der Waals surface area contributed by atoms with E-state index in [1.165, 1.54) is 16.8 Å². The van der Waals surface area contributed by atoms with Gasteiger partial charge in [-0.05, 0) is 51.6 Å². The smallest absolute Gasteiger partial charge is 0.284 e. The first-order valence-corrected chi connectivity index (χ1v) is 9.38. The average molecular weight is 386 g/mol. The number of nitrogens with zero attached hydrogens (tertiary/aromatic N) is 4. The predicted molar refractivity (Wildman–Crippen MR) is 92.2 cm³/mol. The van der Waals surface area contributed by atoms with Crippen LogP contribution in [0.15, 0.2) is 33.1 Å². The molecule has 0 atom stereocenters. The third-order valence-electron chi connectivity index (χ3n) is 2.91. The first kappa shape index (κ1) is 19.1. The molecule has 136 valence electrons. The van der Waals surface area contributed by atoms with E-state index >= 15 is 0 Å². The zero-order valence-electron chi connectivity index (χ0n) is 14.0. The van der Waals surface area contributed by atoms with Crippen molar-refractivity contribution >= 4 is 27.5 Å². The topological polar surface area (TPSA) is 146 Å². The van der Waals surface area contributed by atoms with Crippen molar-refractivity contribution in [3.63, 3.8) is 0 Å². The van der Waals surface area contributed by atoms with Gasteiger partial charge in [0.1, 0.15) is 5.82 Å². The Morgan fingerprint density at radius 2 is 1.96 bits per heavy atom. The van der Waals surface area contributed by atoms with E-state index in [2.05, 4.69) is 14.9 Å². The second kappa shape index (κ2) is 6.61. The fourth-order valence-electron chi connectivity index (χ4n) is 1.87. The number of rotatable bonds is 5. The maximum atomic E-state index is 12.4. The van der Waals surface area contributed by atoms with Gasteiger partial charge in [-0.1, -0.05) is 0 Å². The summed E-state index contributed by atoms with van der Waals surface area (Å²) in [5, 5.41) is 19.2. The Hall–Kier alpha value is -2.18. The number of nitro groups is 1. The summed E-state index contributed by atoms with van der Waals surface area (Å²) in [5.41, 5.74) is -1.07. The van der Waals surface area contributed by atoms with Crippen LogP contribution in [0.3, 0.4) is 0 Å². The van der Waals surface area contributed by atoms with Gasteiger partial charge in [0.2, 0.25) is 15.2 Å². The minimum Gasteiger partial charge on any atom is -0.336 e. The molecule has 0 radical (unpaired) electrons. The Balaban J connectivity index is 2.45. The second-order valence-corrected chi connectivity index (χ2v) is 8.94. The molecule has 1 aromatic heterocycles. The SMILES string of the molecule is Cc1nnc(Sc2ccc(S(=O)(=O)NC(C)(C)C)cc2[N+](=O)[O-])n1N. The molecule has 0 aliphatic carbocycles. The van der Waals surface area contributed by atoms with Gasteiger partial charge in [0.05, 0.1) is 14.7 Å². The van der Waals surface area contributed by atoms with Gasteiger partial charge in [0.25, 0.3) is 5.69 Å². The number of hydrogen-bond acceptors (Lipinski definition) is 8. The van der Waals surface area contributed by atoms with Crippen LogP contribution < -0.4 is 10.6 Å². The molecule has 0 spiro atoms. The Morgan fingerprint density at radius 1 is 1.32 bits per heavy atom. The van der Waals surface area contributed by atoms with E-state index in [4.69, 9.17) is 5.84 Å². The van der Waals surface area contributed by atoms with E-state index in [1.807, 2.05) is 0 Å². The highest BCUT2D eigenvalue weighted by atomic mass is 32.2. The van der Waals surface area contributed by atoms with Crippen LogP contribution in [0.5, 0.6) is 0 Å². The van der Waals surface area contributed by atoms with Crippen molar-refractivity contribution in [1.29, 1.82) is 0 Å². The quantitative estimate of drug-likeness (QED) is 0.446. The molecule has 10 nitrogen and oxygen atoms in total. The maximum Gasteiger partial charge on any atom is 0.284 e. The molecule has 0 aliphatic heterocycles. The van der Waals surface area contributed by atoms with Crippen LogP contribution >= 0.6 is 11.8 Å². The predicted octanol–water partition coefficient (Wildman–Crippen LogP) is 1.44. The largest absolute Gasteiger partial charge is 0.336 e. The summed E-state index contributed by atoms with van der Waals surface area (Å²) in [6.07, 6.45) is 0. The number of nitrogens with one attached hydrogen (secondary N) is 1. The fourth-order valence-corrected chi connectivity index (χ4v) is 4.19. The normalized spacial score (nSPS) is 12.3. The number of nitrogens with two attached hydrogens (primary N) is 1. The number of aromatic nitrogens is 3. The number of sulfonamides is 1. The molecule has 0 saturated carbocycles. The zero-order valence-corrected chi connectivity index (χ0v) is 15.7. The van der Waals surface area contributed by atoms with Crippen LogP contribution in [0, 0.1) is 17.0 Å². The van der Waals surface area contributed by atoms with Crippen molar-refractivity contribution in [2.75, 3.05) is 5.84 Å². The van der Waals surface area contributed by atoms with Crippen LogP contribution in [-0.2, 0) is 10.0 Å². The number of nitrogen functional groups attached to an aromatic ring is 1. The Morgan fingerprint density at radius 3 is 2.44 bits per heavy atom. The van der Waals surface area contributed by atoms with E-state index in [1.54, 1.807) is 27.7 Å². The number of aryl methyl sites for hydroxylation is 1. The molecule has 25 heavy (non-hydrogen) atoms. The molecule has 3 N–H and O–H groups in total. The van der Waals surface area contributed by atoms with Crippen molar-refractivity contribution in [2.24, 2.45) is 0 Å². The monoisotopic (exact) mass is 386 g/mol. The van der Waals surface area contributed by atoms with Crippen LogP contribution in [0.1, 0.15) is 26.6 Å². The maximum absolute atomic E-state index is 12.4. The minimum atomic E-state index is -3.89. The van der Waals surface area contributed by atoms with Crippen LogP contribution in [-0.4, -0.2) is 33.8 Å². The Kier molecular flexibility index (Phi) is 5.06. The lowest BCUT2D eigenvalue weighted by Gasteiger charge is -2.20. The molecule has 0 aliphatic rings. The Bertz CT molecular complexity index is 917. The summed E-state index contributed by atoms with van der Waals surface area (Å²) < 4.78 is 28.4. The van der Waals surface area contributed by atoms with Crippen molar-refractivity contribution < 1.29 is 13.3 Å². The summed E-state index contributed by atoms with van der Waals surface area (Å²) in [6.45, 7) is 6.68. The Labute approximate surface area is 149 Å². The van der Waals surface area contributed by atoms with Crippen molar-refractivity contribution in [1.82, 2.24) is 19.6 Å². The van der Waals surface area contributed by atoms with Crippen LogP contribution in [0.4, 0.5) is 5.69 Å². The van der Waals surface area contributed by atoms with Crippen LogP contribution in [0.2, 0.25) is 0 Å². The van der Waals surface area contributed by atoms with Gasteiger partial charge in [-0.2, -0.15) is 0 Å². The molecule has 0 saturated heterocycles. The molecule has 0 bridgehead atoms. The van der Waals surface area contributed by atoms with Gasteiger partial charge in [-0.3, -0.25) is 10.1 Å². The zero-order chi connectivity index (χ0) is 19.0. The average Bonchev–Trinajstić information content (AvgIpc) is 2.77. The van der Waals surface area contributed by atoms with Gasteiger partial charge in [-0.15, -0.1) is 10.2 Å². The number of hydrogen-bond donors (Lipinski definition) is 2. The van der Waals surface area contributed by atoms with Gasteiger partial charge in [0, 0.05) is 11.6 Å². The first-order valence-electron chi connectivity index (χ1n) is 7.08. The summed E-state index contributed by atoms with van der Waals surface area (Å²) in [5.74, 6) is 6.18. The highest BCUT2D eigenvalue weighted by molar-refractivity contribution is 7.99. The molecule has 2 rings (SSSR count). The molecule has 0 amide bonds. The second-order valence-electron chi connectivity index (χ2n) is 6.24. The lowest BCUT2D eigenvalue weighted by atomic mass is 10.1. The van der Waals surface area contributed by atoms with E-state index in [0.717, 1.165) is 17.8 Å². The summed E-state index contributed by atoms with van der Waals surface area (Å²) in [4.78, 5) is 10.7. The van der Waals surface area contributed by atoms with Crippen molar-refractivity contribution in [2.45, 2.75) is 48.2 Å². The third kappa shape index (κ3) is 4.46. The lowest BCUT2D eigenvalue weighted by Crippen LogP contribution is -2.40. The van der Waals surface area contributed by atoms with E-state index in [9.17, 15) is 18.5 Å². The molecule has 2 aromatic rings. The highest BCUT2D eigenvalue weighted by Gasteiger charge is 2.26. The minimum absolute atomic E-state index is 0.191. The fraction of sp³-hybridized carbons (Fsp3) is 0.385. The highest BCUT2D eigenvalue weighted by Crippen LogP contribution is 2.35.